The highest BCUT2D eigenvalue weighted by molar-refractivity contribution is 5.79. The molecular weight excluding hydrogens is 228 g/mol. The molecule has 2 unspecified atom stereocenters. The fourth-order valence-electron chi connectivity index (χ4n) is 2.97. The van der Waals surface area contributed by atoms with Crippen LogP contribution in [0, 0.1) is 5.92 Å². The highest BCUT2D eigenvalue weighted by atomic mass is 16.2. The molecule has 2 aliphatic rings. The third-order valence-electron chi connectivity index (χ3n) is 4.02. The van der Waals surface area contributed by atoms with Crippen LogP contribution in [0.25, 0.3) is 0 Å². The molecule has 0 radical (unpaired) electrons. The maximum Gasteiger partial charge on any atom is 0.224 e. The third kappa shape index (κ3) is 2.27. The van der Waals surface area contributed by atoms with E-state index in [0.717, 1.165) is 50.9 Å². The number of nitrogens with one attached hydrogen (secondary N) is 3. The summed E-state index contributed by atoms with van der Waals surface area (Å²) in [6.07, 6.45) is 7.19. The van der Waals surface area contributed by atoms with Gasteiger partial charge in [-0.1, -0.05) is 0 Å². The number of aryl methyl sites for hydroxylation is 1. The molecule has 1 aliphatic carbocycles. The molecule has 0 saturated carbocycles. The first-order valence-corrected chi connectivity index (χ1v) is 6.88. The van der Waals surface area contributed by atoms with Crippen LogP contribution >= 0.6 is 0 Å². The maximum atomic E-state index is 12.2. The average molecular weight is 248 g/mol. The SMILES string of the molecule is O=C(NC1CCCc2cn[nH]c21)C1CCCNC1. The molecule has 1 aromatic heterocycles. The summed E-state index contributed by atoms with van der Waals surface area (Å²) in [6, 6.07) is 0.130. The summed E-state index contributed by atoms with van der Waals surface area (Å²) in [5.74, 6) is 0.321. The lowest BCUT2D eigenvalue weighted by molar-refractivity contribution is -0.126. The third-order valence-corrected chi connectivity index (χ3v) is 4.02. The Labute approximate surface area is 107 Å². The first kappa shape index (κ1) is 11.7. The smallest absolute Gasteiger partial charge is 0.224 e. The van der Waals surface area contributed by atoms with Gasteiger partial charge in [-0.3, -0.25) is 9.89 Å². The van der Waals surface area contributed by atoms with Gasteiger partial charge >= 0.3 is 0 Å². The quantitative estimate of drug-likeness (QED) is 0.728. The van der Waals surface area contributed by atoms with Crippen LogP contribution < -0.4 is 10.6 Å². The number of fused-ring (bicyclic) bond motifs is 1. The van der Waals surface area contributed by atoms with Crippen LogP contribution in [0.2, 0.25) is 0 Å². The van der Waals surface area contributed by atoms with Crippen molar-refractivity contribution in [2.24, 2.45) is 5.92 Å². The van der Waals surface area contributed by atoms with E-state index in [-0.39, 0.29) is 17.9 Å². The Hall–Kier alpha value is -1.36. The predicted octanol–water partition coefficient (Wildman–Crippen LogP) is 0.903. The number of hydrogen-bond donors (Lipinski definition) is 3. The molecule has 0 bridgehead atoms. The van der Waals surface area contributed by atoms with Crippen molar-refractivity contribution >= 4 is 5.91 Å². The second kappa shape index (κ2) is 5.10. The van der Waals surface area contributed by atoms with Gasteiger partial charge in [0.05, 0.1) is 23.9 Å². The highest BCUT2D eigenvalue weighted by Crippen LogP contribution is 2.28. The Bertz CT molecular complexity index is 422. The molecule has 98 valence electrons. The molecule has 1 aromatic rings. The standard InChI is InChI=1S/C13H20N4O/c18-13(10-4-2-6-14-7-10)16-11-5-1-3-9-8-15-17-12(9)11/h8,10-11,14H,1-7H2,(H,15,17)(H,16,18). The lowest BCUT2D eigenvalue weighted by Crippen LogP contribution is -2.42. The number of aromatic amines is 1. The molecule has 3 rings (SSSR count). The number of carbonyl (C=O) groups is 1. The minimum Gasteiger partial charge on any atom is -0.347 e. The minimum absolute atomic E-state index is 0.130. The molecule has 2 heterocycles. The monoisotopic (exact) mass is 248 g/mol. The Morgan fingerprint density at radius 3 is 3.17 bits per heavy atom. The van der Waals surface area contributed by atoms with Gasteiger partial charge in [0.2, 0.25) is 5.91 Å². The molecule has 5 heteroatoms. The topological polar surface area (TPSA) is 69.8 Å². The minimum atomic E-state index is 0.130. The van der Waals surface area contributed by atoms with E-state index < -0.39 is 0 Å². The highest BCUT2D eigenvalue weighted by Gasteiger charge is 2.27. The van der Waals surface area contributed by atoms with E-state index in [1.807, 2.05) is 6.20 Å². The van der Waals surface area contributed by atoms with E-state index in [1.165, 1.54) is 5.56 Å². The molecule has 3 N–H and O–H groups in total. The van der Waals surface area contributed by atoms with E-state index in [9.17, 15) is 4.79 Å². The maximum absolute atomic E-state index is 12.2. The molecule has 1 aliphatic heterocycles. The Morgan fingerprint density at radius 2 is 2.33 bits per heavy atom. The summed E-state index contributed by atoms with van der Waals surface area (Å²) in [6.45, 7) is 1.85. The molecule has 0 aromatic carbocycles. The summed E-state index contributed by atoms with van der Waals surface area (Å²) >= 11 is 0. The summed E-state index contributed by atoms with van der Waals surface area (Å²) < 4.78 is 0. The summed E-state index contributed by atoms with van der Waals surface area (Å²) in [7, 11) is 0. The average Bonchev–Trinajstić information content (AvgIpc) is 2.89. The Kier molecular flexibility index (Phi) is 3.32. The van der Waals surface area contributed by atoms with Crippen molar-refractivity contribution in [3.63, 3.8) is 0 Å². The van der Waals surface area contributed by atoms with Gasteiger partial charge in [-0.25, -0.2) is 0 Å². The van der Waals surface area contributed by atoms with Crippen molar-refractivity contribution < 1.29 is 4.79 Å². The lowest BCUT2D eigenvalue weighted by atomic mass is 9.92. The fourth-order valence-corrected chi connectivity index (χ4v) is 2.97. The van der Waals surface area contributed by atoms with Gasteiger partial charge in [0.15, 0.2) is 0 Å². The van der Waals surface area contributed by atoms with E-state index in [2.05, 4.69) is 20.8 Å². The molecule has 18 heavy (non-hydrogen) atoms. The van der Waals surface area contributed by atoms with E-state index in [0.29, 0.717) is 0 Å². The zero-order valence-corrected chi connectivity index (χ0v) is 10.5. The Balaban J connectivity index is 1.65. The fraction of sp³-hybridized carbons (Fsp3) is 0.692. The van der Waals surface area contributed by atoms with Gasteiger partial charge in [0.1, 0.15) is 0 Å². The van der Waals surface area contributed by atoms with Crippen LogP contribution in [0.3, 0.4) is 0 Å². The normalized spacial score (nSPS) is 27.6. The number of carbonyl (C=O) groups excluding carboxylic acids is 1. The van der Waals surface area contributed by atoms with Crippen molar-refractivity contribution in [2.75, 3.05) is 13.1 Å². The van der Waals surface area contributed by atoms with Gasteiger partial charge in [0.25, 0.3) is 0 Å². The van der Waals surface area contributed by atoms with Crippen LogP contribution in [-0.2, 0) is 11.2 Å². The van der Waals surface area contributed by atoms with Gasteiger partial charge in [-0.2, -0.15) is 5.10 Å². The molecular formula is C13H20N4O. The number of aromatic nitrogens is 2. The number of piperidine rings is 1. The van der Waals surface area contributed by atoms with E-state index >= 15 is 0 Å². The van der Waals surface area contributed by atoms with Gasteiger partial charge in [-0.15, -0.1) is 0 Å². The largest absolute Gasteiger partial charge is 0.347 e. The molecule has 1 amide bonds. The first-order chi connectivity index (χ1) is 8.84. The second-order valence-electron chi connectivity index (χ2n) is 5.31. The zero-order chi connectivity index (χ0) is 12.4. The first-order valence-electron chi connectivity index (χ1n) is 6.88. The van der Waals surface area contributed by atoms with E-state index in [1.54, 1.807) is 0 Å². The van der Waals surface area contributed by atoms with Crippen LogP contribution in [0.1, 0.15) is 43.0 Å². The van der Waals surface area contributed by atoms with Crippen LogP contribution in [-0.4, -0.2) is 29.2 Å². The molecule has 0 spiro atoms. The van der Waals surface area contributed by atoms with Gasteiger partial charge < -0.3 is 10.6 Å². The molecule has 5 nitrogen and oxygen atoms in total. The van der Waals surface area contributed by atoms with Crippen molar-refractivity contribution in [1.29, 1.82) is 0 Å². The predicted molar refractivity (Wildman–Crippen MR) is 68.0 cm³/mol. The van der Waals surface area contributed by atoms with E-state index in [4.69, 9.17) is 0 Å². The summed E-state index contributed by atoms with van der Waals surface area (Å²) in [5, 5.41) is 13.6. The Morgan fingerprint density at radius 1 is 1.39 bits per heavy atom. The van der Waals surface area contributed by atoms with Gasteiger partial charge in [0, 0.05) is 6.54 Å². The second-order valence-corrected chi connectivity index (χ2v) is 5.31. The molecule has 2 atom stereocenters. The number of hydrogen-bond acceptors (Lipinski definition) is 3. The molecule has 1 fully saturated rings. The van der Waals surface area contributed by atoms with Crippen molar-refractivity contribution in [3.05, 3.63) is 17.5 Å². The van der Waals surface area contributed by atoms with Crippen LogP contribution in [0.15, 0.2) is 6.20 Å². The number of amides is 1. The number of nitrogens with zero attached hydrogens (tertiary/aromatic N) is 1. The van der Waals surface area contributed by atoms with Crippen molar-refractivity contribution in [1.82, 2.24) is 20.8 Å². The van der Waals surface area contributed by atoms with Crippen LogP contribution in [0.4, 0.5) is 0 Å². The zero-order valence-electron chi connectivity index (χ0n) is 10.5. The van der Waals surface area contributed by atoms with Crippen molar-refractivity contribution in [2.45, 2.75) is 38.1 Å². The van der Waals surface area contributed by atoms with Crippen LogP contribution in [0.5, 0.6) is 0 Å². The summed E-state index contributed by atoms with van der Waals surface area (Å²) in [4.78, 5) is 12.2. The lowest BCUT2D eigenvalue weighted by Gasteiger charge is -2.27. The number of H-pyrrole nitrogens is 1. The molecule has 1 saturated heterocycles. The van der Waals surface area contributed by atoms with Gasteiger partial charge in [-0.05, 0) is 44.2 Å². The summed E-state index contributed by atoms with van der Waals surface area (Å²) in [5.41, 5.74) is 2.37. The van der Waals surface area contributed by atoms with Crippen molar-refractivity contribution in [3.8, 4) is 0 Å². The number of rotatable bonds is 2.